The molecule has 0 atom stereocenters. The maximum atomic E-state index is 14.3. The summed E-state index contributed by atoms with van der Waals surface area (Å²) in [6.07, 6.45) is 0. The Balaban J connectivity index is 2.44. The summed E-state index contributed by atoms with van der Waals surface area (Å²) in [6.45, 7) is 13.7. The van der Waals surface area contributed by atoms with E-state index in [9.17, 15) is 19.1 Å². The third-order valence-electron chi connectivity index (χ3n) is 4.75. The molecule has 5 nitrogen and oxygen atoms in total. The third-order valence-corrected chi connectivity index (χ3v) is 4.75. The highest BCUT2D eigenvalue weighted by molar-refractivity contribution is 6.06. The first kappa shape index (κ1) is 23.4. The number of carbonyl (C=O) groups excluding carboxylic acids is 2. The first-order valence-corrected chi connectivity index (χ1v) is 9.91. The number of anilines is 1. The summed E-state index contributed by atoms with van der Waals surface area (Å²) in [5.41, 5.74) is 1.01. The van der Waals surface area contributed by atoms with Gasteiger partial charge in [-0.25, -0.2) is 9.18 Å². The molecule has 2 aromatic carbocycles. The van der Waals surface area contributed by atoms with Crippen molar-refractivity contribution in [2.45, 2.75) is 59.3 Å². The van der Waals surface area contributed by atoms with Gasteiger partial charge in [-0.05, 0) is 47.6 Å². The Kier molecular flexibility index (Phi) is 6.60. The van der Waals surface area contributed by atoms with Crippen molar-refractivity contribution in [1.29, 1.82) is 0 Å². The number of hydrogen-bond acceptors (Lipinski definition) is 4. The molecule has 162 valence electrons. The van der Waals surface area contributed by atoms with E-state index in [1.165, 1.54) is 12.1 Å². The van der Waals surface area contributed by atoms with Crippen LogP contribution in [0.15, 0.2) is 30.3 Å². The van der Waals surface area contributed by atoms with Crippen LogP contribution in [0.3, 0.4) is 0 Å². The van der Waals surface area contributed by atoms with Gasteiger partial charge in [0.05, 0.1) is 17.7 Å². The molecule has 2 rings (SSSR count). The van der Waals surface area contributed by atoms with E-state index in [-0.39, 0.29) is 40.0 Å². The predicted molar refractivity (Wildman–Crippen MR) is 116 cm³/mol. The summed E-state index contributed by atoms with van der Waals surface area (Å²) in [4.78, 5) is 24.7. The quantitative estimate of drug-likeness (QED) is 0.642. The normalized spacial score (nSPS) is 11.9. The van der Waals surface area contributed by atoms with Gasteiger partial charge in [0.2, 0.25) is 0 Å². The number of nitrogens with one attached hydrogen (secondary N) is 1. The SMILES string of the molecule is CCOC(=O)c1ccc(NC(=O)c2cc(C(C)(C)C)cc(C(C)(C)C)c2O)cc1F. The Morgan fingerprint density at radius 1 is 1.00 bits per heavy atom. The summed E-state index contributed by atoms with van der Waals surface area (Å²) >= 11 is 0. The van der Waals surface area contributed by atoms with Gasteiger partial charge >= 0.3 is 5.97 Å². The number of amides is 1. The van der Waals surface area contributed by atoms with Crippen molar-refractivity contribution in [3.63, 3.8) is 0 Å². The maximum Gasteiger partial charge on any atom is 0.341 e. The average molecular weight is 416 g/mol. The van der Waals surface area contributed by atoms with Gasteiger partial charge in [0.15, 0.2) is 0 Å². The summed E-state index contributed by atoms with van der Waals surface area (Å²) in [7, 11) is 0. The minimum Gasteiger partial charge on any atom is -0.507 e. The molecule has 0 aliphatic rings. The number of hydrogen-bond donors (Lipinski definition) is 2. The zero-order valence-corrected chi connectivity index (χ0v) is 18.6. The number of aromatic hydroxyl groups is 1. The van der Waals surface area contributed by atoms with E-state index in [2.05, 4.69) is 5.32 Å². The summed E-state index contributed by atoms with van der Waals surface area (Å²) in [6, 6.07) is 7.31. The lowest BCUT2D eigenvalue weighted by atomic mass is 9.79. The molecule has 0 aliphatic heterocycles. The molecule has 2 N–H and O–H groups in total. The van der Waals surface area contributed by atoms with Crippen LogP contribution in [0.5, 0.6) is 5.75 Å². The molecule has 0 unspecified atom stereocenters. The second-order valence-corrected chi connectivity index (χ2v) is 9.29. The van der Waals surface area contributed by atoms with E-state index in [4.69, 9.17) is 4.74 Å². The number of phenols is 1. The van der Waals surface area contributed by atoms with E-state index in [1.54, 1.807) is 13.0 Å². The van der Waals surface area contributed by atoms with Crippen molar-refractivity contribution in [3.8, 4) is 5.75 Å². The van der Waals surface area contributed by atoms with Gasteiger partial charge in [-0.2, -0.15) is 0 Å². The Morgan fingerprint density at radius 3 is 2.13 bits per heavy atom. The van der Waals surface area contributed by atoms with E-state index in [0.29, 0.717) is 5.56 Å². The van der Waals surface area contributed by atoms with Crippen molar-refractivity contribution < 1.29 is 23.8 Å². The first-order valence-electron chi connectivity index (χ1n) is 9.91. The van der Waals surface area contributed by atoms with Crippen LogP contribution < -0.4 is 5.32 Å². The number of esters is 1. The Hall–Kier alpha value is -2.89. The Labute approximate surface area is 177 Å². The second kappa shape index (κ2) is 8.46. The van der Waals surface area contributed by atoms with Gasteiger partial charge in [0.25, 0.3) is 5.91 Å². The number of ether oxygens (including phenoxy) is 1. The highest BCUT2D eigenvalue weighted by atomic mass is 19.1. The molecule has 0 fully saturated rings. The standard InChI is InChI=1S/C24H30FNO4/c1-8-30-22(29)16-10-9-15(13-19(16)25)26-21(28)17-11-14(23(2,3)4)12-18(20(17)27)24(5,6)7/h9-13,27H,8H2,1-7H3,(H,26,28). The van der Waals surface area contributed by atoms with E-state index in [0.717, 1.165) is 11.6 Å². The maximum absolute atomic E-state index is 14.3. The molecule has 0 bridgehead atoms. The van der Waals surface area contributed by atoms with Crippen molar-refractivity contribution in [3.05, 3.63) is 58.4 Å². The van der Waals surface area contributed by atoms with Gasteiger partial charge in [0, 0.05) is 11.3 Å². The molecule has 0 saturated heterocycles. The molecular formula is C24H30FNO4. The molecule has 1 amide bonds. The Morgan fingerprint density at radius 2 is 1.63 bits per heavy atom. The average Bonchev–Trinajstić information content (AvgIpc) is 2.60. The molecule has 0 heterocycles. The van der Waals surface area contributed by atoms with Gasteiger partial charge in [0.1, 0.15) is 11.6 Å². The Bertz CT molecular complexity index is 968. The highest BCUT2D eigenvalue weighted by Gasteiger charge is 2.27. The topological polar surface area (TPSA) is 75.6 Å². The van der Waals surface area contributed by atoms with E-state index < -0.39 is 17.7 Å². The highest BCUT2D eigenvalue weighted by Crippen LogP contribution is 2.38. The predicted octanol–water partition coefficient (Wildman–Crippen LogP) is 5.56. The van der Waals surface area contributed by atoms with Crippen LogP contribution >= 0.6 is 0 Å². The van der Waals surface area contributed by atoms with E-state index in [1.807, 2.05) is 47.6 Å². The third kappa shape index (κ3) is 5.17. The zero-order chi connectivity index (χ0) is 22.9. The number of phenolic OH excluding ortho intramolecular Hbond substituents is 1. The first-order chi connectivity index (χ1) is 13.8. The van der Waals surface area contributed by atoms with Gasteiger partial charge < -0.3 is 15.2 Å². The fraction of sp³-hybridized carbons (Fsp3) is 0.417. The van der Waals surface area contributed by atoms with Crippen molar-refractivity contribution in [1.82, 2.24) is 0 Å². The molecule has 30 heavy (non-hydrogen) atoms. The largest absolute Gasteiger partial charge is 0.507 e. The molecule has 0 radical (unpaired) electrons. The van der Waals surface area contributed by atoms with Crippen LogP contribution in [0.1, 0.15) is 80.3 Å². The zero-order valence-electron chi connectivity index (χ0n) is 18.6. The number of halogens is 1. The number of benzene rings is 2. The smallest absolute Gasteiger partial charge is 0.341 e. The minimum absolute atomic E-state index is 0.100. The molecule has 2 aromatic rings. The monoisotopic (exact) mass is 415 g/mol. The van der Waals surface area contributed by atoms with Crippen molar-refractivity contribution in [2.24, 2.45) is 0 Å². The number of rotatable bonds is 4. The lowest BCUT2D eigenvalue weighted by molar-refractivity contribution is 0.0521. The molecule has 0 aromatic heterocycles. The molecule has 0 aliphatic carbocycles. The molecule has 0 saturated carbocycles. The summed E-state index contributed by atoms with van der Waals surface area (Å²) in [5.74, 6) is -2.23. The van der Waals surface area contributed by atoms with Crippen LogP contribution in [-0.4, -0.2) is 23.6 Å². The fourth-order valence-electron chi connectivity index (χ4n) is 2.98. The molecule has 0 spiro atoms. The van der Waals surface area contributed by atoms with Crippen molar-refractivity contribution in [2.75, 3.05) is 11.9 Å². The molecular weight excluding hydrogens is 385 g/mol. The lowest BCUT2D eigenvalue weighted by Crippen LogP contribution is -2.20. The van der Waals surface area contributed by atoms with Crippen LogP contribution in [0.25, 0.3) is 0 Å². The molecule has 6 heteroatoms. The van der Waals surface area contributed by atoms with E-state index >= 15 is 0 Å². The van der Waals surface area contributed by atoms with Crippen LogP contribution in [0, 0.1) is 5.82 Å². The van der Waals surface area contributed by atoms with Crippen molar-refractivity contribution >= 4 is 17.6 Å². The van der Waals surface area contributed by atoms with Crippen LogP contribution in [0.4, 0.5) is 10.1 Å². The van der Waals surface area contributed by atoms with Gasteiger partial charge in [-0.3, -0.25) is 4.79 Å². The number of carbonyl (C=O) groups is 2. The fourth-order valence-corrected chi connectivity index (χ4v) is 2.98. The lowest BCUT2D eigenvalue weighted by Gasteiger charge is -2.27. The van der Waals surface area contributed by atoms with Gasteiger partial charge in [-0.15, -0.1) is 0 Å². The van der Waals surface area contributed by atoms with Crippen LogP contribution in [-0.2, 0) is 15.6 Å². The summed E-state index contributed by atoms with van der Waals surface area (Å²) in [5, 5.41) is 13.4. The van der Waals surface area contributed by atoms with Gasteiger partial charge in [-0.1, -0.05) is 47.6 Å². The van der Waals surface area contributed by atoms with Crippen LogP contribution in [0.2, 0.25) is 0 Å². The minimum atomic E-state index is -0.797. The second-order valence-electron chi connectivity index (χ2n) is 9.29. The summed E-state index contributed by atoms with van der Waals surface area (Å²) < 4.78 is 19.1.